The zero-order valence-electron chi connectivity index (χ0n) is 11.4. The van der Waals surface area contributed by atoms with E-state index in [1.54, 1.807) is 6.92 Å². The van der Waals surface area contributed by atoms with Gasteiger partial charge in [0.1, 0.15) is 0 Å². The first-order chi connectivity index (χ1) is 8.08. The van der Waals surface area contributed by atoms with Crippen molar-refractivity contribution in [3.63, 3.8) is 0 Å². The molecular weight excluding hydrogens is 216 g/mol. The van der Waals surface area contributed by atoms with Crippen molar-refractivity contribution in [2.45, 2.75) is 39.7 Å². The van der Waals surface area contributed by atoms with E-state index in [0.717, 1.165) is 26.2 Å². The van der Waals surface area contributed by atoms with Gasteiger partial charge in [-0.2, -0.15) is 0 Å². The second-order valence-electron chi connectivity index (χ2n) is 4.99. The van der Waals surface area contributed by atoms with Crippen LogP contribution in [0, 0.1) is 5.92 Å². The first-order valence-corrected chi connectivity index (χ1v) is 6.77. The summed E-state index contributed by atoms with van der Waals surface area (Å²) in [5.74, 6) is -0.950. The third-order valence-corrected chi connectivity index (χ3v) is 3.86. The van der Waals surface area contributed by atoms with Gasteiger partial charge in [0, 0.05) is 12.6 Å². The highest BCUT2D eigenvalue weighted by Crippen LogP contribution is 2.17. The highest BCUT2D eigenvalue weighted by molar-refractivity contribution is 5.69. The molecule has 100 valence electrons. The van der Waals surface area contributed by atoms with Gasteiger partial charge < -0.3 is 10.0 Å². The van der Waals surface area contributed by atoms with E-state index in [9.17, 15) is 4.79 Å². The van der Waals surface area contributed by atoms with Crippen molar-refractivity contribution in [3.8, 4) is 0 Å². The fourth-order valence-corrected chi connectivity index (χ4v) is 2.57. The number of carbonyl (C=O) groups is 1. The minimum Gasteiger partial charge on any atom is -0.481 e. The van der Waals surface area contributed by atoms with Crippen LogP contribution < -0.4 is 0 Å². The summed E-state index contributed by atoms with van der Waals surface area (Å²) < 4.78 is 0. The van der Waals surface area contributed by atoms with Crippen molar-refractivity contribution < 1.29 is 9.90 Å². The van der Waals surface area contributed by atoms with E-state index < -0.39 is 5.97 Å². The van der Waals surface area contributed by atoms with E-state index in [1.165, 1.54) is 12.8 Å². The zero-order valence-corrected chi connectivity index (χ0v) is 11.4. The summed E-state index contributed by atoms with van der Waals surface area (Å²) >= 11 is 0. The fraction of sp³-hybridized carbons (Fsp3) is 0.923. The number of carboxylic acid groups (broad SMARTS) is 1. The van der Waals surface area contributed by atoms with Crippen molar-refractivity contribution in [1.29, 1.82) is 0 Å². The van der Waals surface area contributed by atoms with Crippen molar-refractivity contribution in [2.24, 2.45) is 5.92 Å². The highest BCUT2D eigenvalue weighted by atomic mass is 16.4. The topological polar surface area (TPSA) is 43.8 Å². The smallest absolute Gasteiger partial charge is 0.307 e. The minimum absolute atomic E-state index is 0.265. The van der Waals surface area contributed by atoms with Crippen LogP contribution in [0.3, 0.4) is 0 Å². The molecule has 0 radical (unpaired) electrons. The zero-order chi connectivity index (χ0) is 12.8. The Balaban J connectivity index is 2.43. The standard InChI is InChI=1S/C13H26N2O2/c1-4-14-8-6-12(7-9-14)15(5-2)10-11(3)13(16)17/h11-12H,4-10H2,1-3H3,(H,16,17). The van der Waals surface area contributed by atoms with Gasteiger partial charge in [0.2, 0.25) is 0 Å². The Morgan fingerprint density at radius 2 is 2.00 bits per heavy atom. The number of likely N-dealkylation sites (tertiary alicyclic amines) is 1. The maximum absolute atomic E-state index is 10.9. The van der Waals surface area contributed by atoms with Gasteiger partial charge in [-0.3, -0.25) is 9.69 Å². The molecule has 1 rings (SSSR count). The quantitative estimate of drug-likeness (QED) is 0.767. The van der Waals surface area contributed by atoms with Gasteiger partial charge in [-0.1, -0.05) is 20.8 Å². The average molecular weight is 242 g/mol. The molecule has 0 aliphatic carbocycles. The van der Waals surface area contributed by atoms with Gasteiger partial charge in [0.05, 0.1) is 5.92 Å². The van der Waals surface area contributed by atoms with Crippen molar-refractivity contribution in [3.05, 3.63) is 0 Å². The van der Waals surface area contributed by atoms with Crippen molar-refractivity contribution >= 4 is 5.97 Å². The number of hydrogen-bond donors (Lipinski definition) is 1. The number of aliphatic carboxylic acids is 1. The molecule has 1 unspecified atom stereocenters. The van der Waals surface area contributed by atoms with Crippen LogP contribution in [-0.2, 0) is 4.79 Å². The van der Waals surface area contributed by atoms with Crippen LogP contribution in [-0.4, -0.2) is 59.6 Å². The number of nitrogens with zero attached hydrogens (tertiary/aromatic N) is 2. The molecule has 0 bridgehead atoms. The first-order valence-electron chi connectivity index (χ1n) is 6.77. The summed E-state index contributed by atoms with van der Waals surface area (Å²) in [6.45, 7) is 11.2. The van der Waals surface area contributed by atoms with E-state index in [-0.39, 0.29) is 5.92 Å². The van der Waals surface area contributed by atoms with E-state index >= 15 is 0 Å². The van der Waals surface area contributed by atoms with Crippen molar-refractivity contribution in [2.75, 3.05) is 32.7 Å². The predicted octanol–water partition coefficient (Wildman–Crippen LogP) is 1.51. The normalized spacial score (nSPS) is 20.7. The van der Waals surface area contributed by atoms with Gasteiger partial charge in [-0.15, -0.1) is 0 Å². The molecule has 0 aromatic heterocycles. The molecule has 0 spiro atoms. The summed E-state index contributed by atoms with van der Waals surface area (Å²) in [6.07, 6.45) is 2.35. The van der Waals surface area contributed by atoms with Crippen LogP contribution in [0.2, 0.25) is 0 Å². The van der Waals surface area contributed by atoms with Crippen LogP contribution >= 0.6 is 0 Å². The lowest BCUT2D eigenvalue weighted by atomic mass is 10.0. The Kier molecular flexibility index (Phi) is 5.92. The van der Waals surface area contributed by atoms with Crippen LogP contribution in [0.5, 0.6) is 0 Å². The maximum Gasteiger partial charge on any atom is 0.307 e. The van der Waals surface area contributed by atoms with Crippen LogP contribution in [0.4, 0.5) is 0 Å². The maximum atomic E-state index is 10.9. The SMILES string of the molecule is CCN1CCC(N(CC)CC(C)C(=O)O)CC1. The molecule has 1 N–H and O–H groups in total. The number of piperidine rings is 1. The molecule has 0 aromatic carbocycles. The lowest BCUT2D eigenvalue weighted by Crippen LogP contribution is -2.46. The molecule has 4 heteroatoms. The summed E-state index contributed by atoms with van der Waals surface area (Å²) in [4.78, 5) is 15.7. The Hall–Kier alpha value is -0.610. The molecule has 0 aromatic rings. The fourth-order valence-electron chi connectivity index (χ4n) is 2.57. The van der Waals surface area contributed by atoms with E-state index in [0.29, 0.717) is 12.6 Å². The van der Waals surface area contributed by atoms with Gasteiger partial charge in [-0.05, 0) is 39.0 Å². The molecule has 17 heavy (non-hydrogen) atoms. The van der Waals surface area contributed by atoms with Gasteiger partial charge >= 0.3 is 5.97 Å². The molecule has 1 heterocycles. The van der Waals surface area contributed by atoms with Gasteiger partial charge in [0.15, 0.2) is 0 Å². The molecule has 1 saturated heterocycles. The summed E-state index contributed by atoms with van der Waals surface area (Å²) in [6, 6.07) is 0.574. The molecule has 1 aliphatic heterocycles. The molecule has 1 fully saturated rings. The molecule has 0 amide bonds. The molecular formula is C13H26N2O2. The van der Waals surface area contributed by atoms with Crippen molar-refractivity contribution in [1.82, 2.24) is 9.80 Å². The molecule has 1 atom stereocenters. The van der Waals surface area contributed by atoms with E-state index in [4.69, 9.17) is 5.11 Å². The van der Waals surface area contributed by atoms with Gasteiger partial charge in [0.25, 0.3) is 0 Å². The summed E-state index contributed by atoms with van der Waals surface area (Å²) in [5, 5.41) is 8.97. The lowest BCUT2D eigenvalue weighted by Gasteiger charge is -2.38. The first kappa shape index (κ1) is 14.5. The predicted molar refractivity (Wildman–Crippen MR) is 69.2 cm³/mol. The monoisotopic (exact) mass is 242 g/mol. The Bertz CT molecular complexity index is 238. The third-order valence-electron chi connectivity index (χ3n) is 3.86. The van der Waals surface area contributed by atoms with Crippen LogP contribution in [0.1, 0.15) is 33.6 Å². The Morgan fingerprint density at radius 3 is 2.41 bits per heavy atom. The summed E-state index contributed by atoms with van der Waals surface area (Å²) in [7, 11) is 0. The Morgan fingerprint density at radius 1 is 1.41 bits per heavy atom. The number of hydrogen-bond acceptors (Lipinski definition) is 3. The second-order valence-corrected chi connectivity index (χ2v) is 4.99. The van der Waals surface area contributed by atoms with Crippen LogP contribution in [0.25, 0.3) is 0 Å². The molecule has 1 aliphatic rings. The van der Waals surface area contributed by atoms with E-state index in [2.05, 4.69) is 23.6 Å². The third kappa shape index (κ3) is 4.28. The highest BCUT2D eigenvalue weighted by Gasteiger charge is 2.25. The molecule has 0 saturated carbocycles. The Labute approximate surface area is 105 Å². The van der Waals surface area contributed by atoms with E-state index in [1.807, 2.05) is 0 Å². The summed E-state index contributed by atoms with van der Waals surface area (Å²) in [5.41, 5.74) is 0. The number of rotatable bonds is 6. The molecule has 4 nitrogen and oxygen atoms in total. The largest absolute Gasteiger partial charge is 0.481 e. The number of carboxylic acids is 1. The average Bonchev–Trinajstić information content (AvgIpc) is 2.35. The van der Waals surface area contributed by atoms with Crippen LogP contribution in [0.15, 0.2) is 0 Å². The minimum atomic E-state index is -0.686. The lowest BCUT2D eigenvalue weighted by molar-refractivity contribution is -0.142. The van der Waals surface area contributed by atoms with Gasteiger partial charge in [-0.25, -0.2) is 0 Å². The second kappa shape index (κ2) is 6.97.